The van der Waals surface area contributed by atoms with E-state index in [-0.39, 0.29) is 0 Å². The summed E-state index contributed by atoms with van der Waals surface area (Å²) in [5, 5.41) is 10.9. The molecule has 7 nitrogen and oxygen atoms in total. The molecule has 0 spiro atoms. The van der Waals surface area contributed by atoms with Crippen LogP contribution in [0.4, 0.5) is 5.82 Å². The minimum absolute atomic E-state index is 0.570. The molecule has 4 heterocycles. The Hall–Kier alpha value is -2.80. The number of fused-ring (bicyclic) bond motifs is 1. The summed E-state index contributed by atoms with van der Waals surface area (Å²) in [5.41, 5.74) is 4.05. The molecule has 1 aliphatic heterocycles. The van der Waals surface area contributed by atoms with Gasteiger partial charge in [-0.1, -0.05) is 5.16 Å². The summed E-state index contributed by atoms with van der Waals surface area (Å²) in [6, 6.07) is 5.81. The van der Waals surface area contributed by atoms with Crippen molar-refractivity contribution in [2.75, 3.05) is 18.4 Å². The summed E-state index contributed by atoms with van der Waals surface area (Å²) in [7, 11) is 0. The third-order valence-electron chi connectivity index (χ3n) is 4.22. The number of aryl methyl sites for hydroxylation is 1. The molecule has 0 atom stereocenters. The van der Waals surface area contributed by atoms with E-state index in [4.69, 9.17) is 14.5 Å². The van der Waals surface area contributed by atoms with Gasteiger partial charge in [-0.25, -0.2) is 9.97 Å². The van der Waals surface area contributed by atoms with Gasteiger partial charge in [0.15, 0.2) is 5.82 Å². The van der Waals surface area contributed by atoms with Crippen molar-refractivity contribution in [3.63, 3.8) is 0 Å². The van der Waals surface area contributed by atoms with Crippen molar-refractivity contribution in [1.29, 1.82) is 0 Å². The monoisotopic (exact) mass is 336 g/mol. The zero-order valence-electron chi connectivity index (χ0n) is 14.1. The number of hydrogen-bond donors (Lipinski definition) is 2. The minimum atomic E-state index is 0.570. The van der Waals surface area contributed by atoms with Gasteiger partial charge in [0.2, 0.25) is 0 Å². The van der Waals surface area contributed by atoms with E-state index in [0.717, 1.165) is 54.5 Å². The number of hydrogen-bond acceptors (Lipinski definition) is 7. The van der Waals surface area contributed by atoms with E-state index in [1.54, 1.807) is 12.4 Å². The van der Waals surface area contributed by atoms with Crippen molar-refractivity contribution in [2.24, 2.45) is 0 Å². The average Bonchev–Trinajstić information content (AvgIpc) is 2.91. The van der Waals surface area contributed by atoms with Crippen molar-refractivity contribution >= 4 is 5.82 Å². The van der Waals surface area contributed by atoms with Crippen LogP contribution in [-0.2, 0) is 19.4 Å². The first-order chi connectivity index (χ1) is 12.3. The predicted molar refractivity (Wildman–Crippen MR) is 94.1 cm³/mol. The molecule has 0 fully saturated rings. The second-order valence-electron chi connectivity index (χ2n) is 6.10. The maximum atomic E-state index is 5.14. The Kier molecular flexibility index (Phi) is 4.39. The van der Waals surface area contributed by atoms with Gasteiger partial charge >= 0.3 is 0 Å². The summed E-state index contributed by atoms with van der Waals surface area (Å²) >= 11 is 0. The van der Waals surface area contributed by atoms with Gasteiger partial charge in [-0.05, 0) is 32.0 Å². The van der Waals surface area contributed by atoms with E-state index in [1.165, 1.54) is 5.56 Å². The summed E-state index contributed by atoms with van der Waals surface area (Å²) in [6.07, 6.45) is 5.34. The lowest BCUT2D eigenvalue weighted by atomic mass is 10.1. The molecule has 3 aromatic heterocycles. The predicted octanol–water partition coefficient (Wildman–Crippen LogP) is 2.14. The molecular formula is C18H20N6O. The van der Waals surface area contributed by atoms with Gasteiger partial charge in [0, 0.05) is 42.6 Å². The first-order valence-electron chi connectivity index (χ1n) is 8.46. The second kappa shape index (κ2) is 6.98. The molecule has 4 rings (SSSR count). The molecule has 0 aliphatic carbocycles. The fraction of sp³-hybridized carbons (Fsp3) is 0.333. The smallest absolute Gasteiger partial charge is 0.163 e. The summed E-state index contributed by atoms with van der Waals surface area (Å²) in [5.74, 6) is 2.37. The lowest BCUT2D eigenvalue weighted by Gasteiger charge is -2.14. The third-order valence-corrected chi connectivity index (χ3v) is 4.22. The standard InChI is InChI=1S/C18H20N6O/c1-12-9-14(24-25-12)11-21-18-15-4-7-19-8-5-16(15)22-17(23-18)13-3-2-6-20-10-13/h2-3,6,9-10,19H,4-5,7-8,11H2,1H3,(H,21,22,23). The lowest BCUT2D eigenvalue weighted by Crippen LogP contribution is -2.16. The van der Waals surface area contributed by atoms with Gasteiger partial charge in [0.05, 0.1) is 12.2 Å². The lowest BCUT2D eigenvalue weighted by molar-refractivity contribution is 0.391. The van der Waals surface area contributed by atoms with Crippen molar-refractivity contribution in [1.82, 2.24) is 25.4 Å². The van der Waals surface area contributed by atoms with Gasteiger partial charge in [0.1, 0.15) is 17.3 Å². The summed E-state index contributed by atoms with van der Waals surface area (Å²) in [4.78, 5) is 13.8. The van der Waals surface area contributed by atoms with E-state index in [0.29, 0.717) is 12.4 Å². The normalized spacial score (nSPS) is 14.0. The fourth-order valence-electron chi connectivity index (χ4n) is 2.99. The molecule has 0 aromatic carbocycles. The molecule has 128 valence electrons. The highest BCUT2D eigenvalue weighted by Crippen LogP contribution is 2.24. The molecule has 0 saturated heterocycles. The van der Waals surface area contributed by atoms with Gasteiger partial charge < -0.3 is 15.2 Å². The van der Waals surface area contributed by atoms with Crippen LogP contribution in [0.1, 0.15) is 22.7 Å². The quantitative estimate of drug-likeness (QED) is 0.754. The van der Waals surface area contributed by atoms with Crippen LogP contribution in [0.25, 0.3) is 11.4 Å². The Morgan fingerprint density at radius 2 is 2.16 bits per heavy atom. The molecule has 7 heteroatoms. The van der Waals surface area contributed by atoms with E-state index in [9.17, 15) is 0 Å². The highest BCUT2D eigenvalue weighted by atomic mass is 16.5. The van der Waals surface area contributed by atoms with Crippen molar-refractivity contribution < 1.29 is 4.52 Å². The van der Waals surface area contributed by atoms with Crippen molar-refractivity contribution in [3.8, 4) is 11.4 Å². The zero-order chi connectivity index (χ0) is 17.1. The molecule has 0 amide bonds. The molecule has 1 aliphatic rings. The van der Waals surface area contributed by atoms with Crippen LogP contribution >= 0.6 is 0 Å². The number of aromatic nitrogens is 4. The largest absolute Gasteiger partial charge is 0.364 e. The van der Waals surface area contributed by atoms with Crippen LogP contribution in [0.15, 0.2) is 35.1 Å². The van der Waals surface area contributed by atoms with E-state index in [1.807, 2.05) is 25.1 Å². The van der Waals surface area contributed by atoms with Crippen LogP contribution in [0, 0.1) is 6.92 Å². The molecule has 0 bridgehead atoms. The van der Waals surface area contributed by atoms with Crippen LogP contribution in [0.3, 0.4) is 0 Å². The Bertz CT molecular complexity index is 861. The van der Waals surface area contributed by atoms with Crippen LogP contribution in [0.5, 0.6) is 0 Å². The number of nitrogens with zero attached hydrogens (tertiary/aromatic N) is 4. The third kappa shape index (κ3) is 3.51. The SMILES string of the molecule is Cc1cc(CNc2nc(-c3cccnc3)nc3c2CCNCC3)no1. The molecule has 3 aromatic rings. The van der Waals surface area contributed by atoms with Crippen LogP contribution < -0.4 is 10.6 Å². The van der Waals surface area contributed by atoms with Crippen LogP contribution in [0.2, 0.25) is 0 Å². The summed E-state index contributed by atoms with van der Waals surface area (Å²) in [6.45, 7) is 4.32. The Morgan fingerprint density at radius 3 is 2.96 bits per heavy atom. The van der Waals surface area contributed by atoms with Gasteiger partial charge in [-0.3, -0.25) is 4.98 Å². The average molecular weight is 336 g/mol. The van der Waals surface area contributed by atoms with Gasteiger partial charge in [-0.15, -0.1) is 0 Å². The fourth-order valence-corrected chi connectivity index (χ4v) is 2.99. The second-order valence-corrected chi connectivity index (χ2v) is 6.10. The van der Waals surface area contributed by atoms with Gasteiger partial charge in [0.25, 0.3) is 0 Å². The van der Waals surface area contributed by atoms with E-state index in [2.05, 4.69) is 20.8 Å². The van der Waals surface area contributed by atoms with E-state index < -0.39 is 0 Å². The first kappa shape index (κ1) is 15.7. The maximum absolute atomic E-state index is 5.14. The minimum Gasteiger partial charge on any atom is -0.364 e. The molecule has 2 N–H and O–H groups in total. The highest BCUT2D eigenvalue weighted by molar-refractivity contribution is 5.59. The Labute approximate surface area is 145 Å². The highest BCUT2D eigenvalue weighted by Gasteiger charge is 2.17. The molecule has 0 saturated carbocycles. The number of nitrogens with one attached hydrogen (secondary N) is 2. The van der Waals surface area contributed by atoms with E-state index >= 15 is 0 Å². The zero-order valence-corrected chi connectivity index (χ0v) is 14.1. The van der Waals surface area contributed by atoms with Crippen LogP contribution in [-0.4, -0.2) is 33.2 Å². The Balaban J connectivity index is 1.69. The number of pyridine rings is 1. The number of anilines is 1. The number of rotatable bonds is 4. The first-order valence-corrected chi connectivity index (χ1v) is 8.46. The van der Waals surface area contributed by atoms with Crippen molar-refractivity contribution in [3.05, 3.63) is 53.3 Å². The van der Waals surface area contributed by atoms with Crippen molar-refractivity contribution in [2.45, 2.75) is 26.3 Å². The Morgan fingerprint density at radius 1 is 1.24 bits per heavy atom. The molecule has 0 unspecified atom stereocenters. The molecule has 25 heavy (non-hydrogen) atoms. The molecule has 0 radical (unpaired) electrons. The topological polar surface area (TPSA) is 88.8 Å². The molecular weight excluding hydrogens is 316 g/mol. The maximum Gasteiger partial charge on any atom is 0.163 e. The summed E-state index contributed by atoms with van der Waals surface area (Å²) < 4.78 is 5.14. The van der Waals surface area contributed by atoms with Gasteiger partial charge in [-0.2, -0.15) is 0 Å².